The third-order valence-corrected chi connectivity index (χ3v) is 5.61. The van der Waals surface area contributed by atoms with Gasteiger partial charge in [0.2, 0.25) is 11.8 Å². The molecule has 2 rings (SSSR count). The summed E-state index contributed by atoms with van der Waals surface area (Å²) in [5.74, 6) is 0.319. The summed E-state index contributed by atoms with van der Waals surface area (Å²) in [5, 5.41) is 3.77. The van der Waals surface area contributed by atoms with E-state index in [4.69, 9.17) is 27.9 Å². The summed E-state index contributed by atoms with van der Waals surface area (Å²) in [5.41, 5.74) is 1.45. The molecule has 0 heterocycles. The number of methoxy groups -OCH3 is 1. The molecule has 0 radical (unpaired) electrons. The molecule has 1 unspecified atom stereocenters. The predicted octanol–water partition coefficient (Wildman–Crippen LogP) is 4.88. The second-order valence-electron chi connectivity index (χ2n) is 7.07. The van der Waals surface area contributed by atoms with Gasteiger partial charge in [0.15, 0.2) is 0 Å². The zero-order valence-corrected chi connectivity index (χ0v) is 19.1. The Morgan fingerprint density at radius 1 is 1.10 bits per heavy atom. The van der Waals surface area contributed by atoms with Crippen LogP contribution < -0.4 is 10.1 Å². The van der Waals surface area contributed by atoms with Crippen LogP contribution in [0.25, 0.3) is 0 Å². The molecule has 5 nitrogen and oxygen atoms in total. The van der Waals surface area contributed by atoms with Gasteiger partial charge in [-0.3, -0.25) is 9.59 Å². The largest absolute Gasteiger partial charge is 0.497 e. The van der Waals surface area contributed by atoms with Crippen molar-refractivity contribution in [3.8, 4) is 5.75 Å². The number of nitrogens with zero attached hydrogens (tertiary/aromatic N) is 1. The highest BCUT2D eigenvalue weighted by atomic mass is 35.5. The van der Waals surface area contributed by atoms with E-state index in [0.29, 0.717) is 22.2 Å². The predicted molar refractivity (Wildman–Crippen MR) is 121 cm³/mol. The van der Waals surface area contributed by atoms with E-state index >= 15 is 0 Å². The van der Waals surface area contributed by atoms with Crippen molar-refractivity contribution in [2.45, 2.75) is 45.7 Å². The molecule has 0 aliphatic rings. The molecule has 162 valence electrons. The first-order chi connectivity index (χ1) is 14.4. The van der Waals surface area contributed by atoms with E-state index in [1.54, 1.807) is 37.1 Å². The zero-order chi connectivity index (χ0) is 22.1. The van der Waals surface area contributed by atoms with Crippen molar-refractivity contribution in [2.75, 3.05) is 13.7 Å². The number of amides is 2. The first-order valence-corrected chi connectivity index (χ1v) is 10.8. The number of hydrogen-bond donors (Lipinski definition) is 1. The number of carbonyl (C=O) groups is 2. The van der Waals surface area contributed by atoms with Crippen LogP contribution in [0.4, 0.5) is 0 Å². The molecule has 0 aromatic heterocycles. The van der Waals surface area contributed by atoms with E-state index in [1.165, 1.54) is 0 Å². The van der Waals surface area contributed by atoms with Gasteiger partial charge in [0, 0.05) is 23.1 Å². The zero-order valence-electron chi connectivity index (χ0n) is 17.6. The first kappa shape index (κ1) is 24.0. The molecule has 0 aliphatic carbocycles. The van der Waals surface area contributed by atoms with Gasteiger partial charge in [-0.05, 0) is 48.7 Å². The highest BCUT2D eigenvalue weighted by Gasteiger charge is 2.27. The van der Waals surface area contributed by atoms with Crippen LogP contribution >= 0.6 is 23.2 Å². The minimum Gasteiger partial charge on any atom is -0.497 e. The smallest absolute Gasteiger partial charge is 0.242 e. The Morgan fingerprint density at radius 2 is 1.73 bits per heavy atom. The molecule has 7 heteroatoms. The maximum atomic E-state index is 13.2. The Bertz CT molecular complexity index is 836. The maximum absolute atomic E-state index is 13.2. The molecular weight excluding hydrogens is 423 g/mol. The molecule has 2 amide bonds. The second kappa shape index (κ2) is 11.8. The average molecular weight is 451 g/mol. The van der Waals surface area contributed by atoms with Gasteiger partial charge in [0.1, 0.15) is 11.8 Å². The topological polar surface area (TPSA) is 58.6 Å². The number of ether oxygens (including phenoxy) is 1. The number of hydrogen-bond acceptors (Lipinski definition) is 3. The quantitative estimate of drug-likeness (QED) is 0.524. The number of benzene rings is 2. The lowest BCUT2D eigenvalue weighted by Gasteiger charge is -2.29. The molecule has 1 atom stereocenters. The fraction of sp³-hybridized carbons (Fsp3) is 0.391. The Kier molecular flexibility index (Phi) is 9.47. The highest BCUT2D eigenvalue weighted by molar-refractivity contribution is 6.36. The lowest BCUT2D eigenvalue weighted by molar-refractivity contribution is -0.140. The van der Waals surface area contributed by atoms with E-state index in [0.717, 1.165) is 24.2 Å². The minimum absolute atomic E-state index is 0.0151. The number of halogens is 2. The van der Waals surface area contributed by atoms with Crippen molar-refractivity contribution >= 4 is 35.0 Å². The lowest BCUT2D eigenvalue weighted by atomic mass is 10.1. The molecular formula is C23H28Cl2N2O3. The van der Waals surface area contributed by atoms with E-state index < -0.39 is 6.04 Å². The van der Waals surface area contributed by atoms with Gasteiger partial charge in [-0.1, -0.05) is 54.7 Å². The second-order valence-corrected chi connectivity index (χ2v) is 7.88. The molecule has 0 saturated carbocycles. The summed E-state index contributed by atoms with van der Waals surface area (Å²) in [6.45, 7) is 4.66. The molecule has 1 N–H and O–H groups in total. The number of unbranched alkanes of at least 4 members (excludes halogenated alkanes) is 1. The van der Waals surface area contributed by atoms with Crippen molar-refractivity contribution in [1.82, 2.24) is 10.2 Å². The minimum atomic E-state index is -0.641. The molecule has 0 fully saturated rings. The van der Waals surface area contributed by atoms with Crippen LogP contribution in [-0.4, -0.2) is 36.4 Å². The SMILES string of the molecule is CCCCNC(=O)C(C)N(Cc1ccc(OC)cc1)C(=O)Cc1c(Cl)cccc1Cl. The van der Waals surface area contributed by atoms with Crippen molar-refractivity contribution < 1.29 is 14.3 Å². The van der Waals surface area contributed by atoms with E-state index in [2.05, 4.69) is 12.2 Å². The van der Waals surface area contributed by atoms with Crippen molar-refractivity contribution in [2.24, 2.45) is 0 Å². The number of rotatable bonds is 10. The van der Waals surface area contributed by atoms with Crippen LogP contribution in [0, 0.1) is 0 Å². The Morgan fingerprint density at radius 3 is 2.30 bits per heavy atom. The third kappa shape index (κ3) is 6.64. The molecule has 2 aromatic rings. The van der Waals surface area contributed by atoms with Crippen molar-refractivity contribution in [3.63, 3.8) is 0 Å². The van der Waals surface area contributed by atoms with Crippen LogP contribution in [0.15, 0.2) is 42.5 Å². The number of carbonyl (C=O) groups excluding carboxylic acids is 2. The van der Waals surface area contributed by atoms with Crippen molar-refractivity contribution in [3.05, 3.63) is 63.6 Å². The highest BCUT2D eigenvalue weighted by Crippen LogP contribution is 2.26. The summed E-state index contributed by atoms with van der Waals surface area (Å²) in [4.78, 5) is 27.4. The van der Waals surface area contributed by atoms with Gasteiger partial charge in [0.25, 0.3) is 0 Å². The fourth-order valence-corrected chi connectivity index (χ4v) is 3.53. The van der Waals surface area contributed by atoms with Crippen LogP contribution in [0.1, 0.15) is 37.8 Å². The van der Waals surface area contributed by atoms with Crippen LogP contribution in [0.2, 0.25) is 10.0 Å². The van der Waals surface area contributed by atoms with Crippen LogP contribution in [-0.2, 0) is 22.6 Å². The van der Waals surface area contributed by atoms with Gasteiger partial charge < -0.3 is 15.0 Å². The summed E-state index contributed by atoms with van der Waals surface area (Å²) in [6, 6.07) is 11.9. The summed E-state index contributed by atoms with van der Waals surface area (Å²) >= 11 is 12.5. The van der Waals surface area contributed by atoms with Crippen LogP contribution in [0.3, 0.4) is 0 Å². The number of nitrogens with one attached hydrogen (secondary N) is 1. The van der Waals surface area contributed by atoms with E-state index in [9.17, 15) is 9.59 Å². The Hall–Kier alpha value is -2.24. The Balaban J connectivity index is 2.24. The summed E-state index contributed by atoms with van der Waals surface area (Å²) < 4.78 is 5.19. The molecule has 2 aromatic carbocycles. The summed E-state index contributed by atoms with van der Waals surface area (Å²) in [7, 11) is 1.60. The van der Waals surface area contributed by atoms with Crippen molar-refractivity contribution in [1.29, 1.82) is 0 Å². The molecule has 0 aliphatic heterocycles. The van der Waals surface area contributed by atoms with Gasteiger partial charge in [-0.15, -0.1) is 0 Å². The normalized spacial score (nSPS) is 11.6. The monoisotopic (exact) mass is 450 g/mol. The molecule has 0 spiro atoms. The average Bonchev–Trinajstić information content (AvgIpc) is 2.74. The molecule has 30 heavy (non-hydrogen) atoms. The molecule has 0 bridgehead atoms. The van der Waals surface area contributed by atoms with Gasteiger partial charge in [-0.25, -0.2) is 0 Å². The van der Waals surface area contributed by atoms with Gasteiger partial charge in [0.05, 0.1) is 13.5 Å². The standard InChI is InChI=1S/C23H28Cl2N2O3/c1-4-5-13-26-23(29)16(2)27(15-17-9-11-18(30-3)12-10-17)22(28)14-19-20(24)7-6-8-21(19)25/h6-12,16H,4-5,13-15H2,1-3H3,(H,26,29). The first-order valence-electron chi connectivity index (χ1n) is 10.00. The van der Waals surface area contributed by atoms with Gasteiger partial charge in [-0.2, -0.15) is 0 Å². The van der Waals surface area contributed by atoms with E-state index in [1.807, 2.05) is 24.3 Å². The Labute approximate surface area is 188 Å². The lowest BCUT2D eigenvalue weighted by Crippen LogP contribution is -2.48. The van der Waals surface area contributed by atoms with E-state index in [-0.39, 0.29) is 24.8 Å². The maximum Gasteiger partial charge on any atom is 0.242 e. The van der Waals surface area contributed by atoms with Crippen LogP contribution in [0.5, 0.6) is 5.75 Å². The van der Waals surface area contributed by atoms with Gasteiger partial charge >= 0.3 is 0 Å². The molecule has 0 saturated heterocycles. The summed E-state index contributed by atoms with van der Waals surface area (Å²) in [6.07, 6.45) is 1.88. The fourth-order valence-electron chi connectivity index (χ4n) is 3.00. The third-order valence-electron chi connectivity index (χ3n) is 4.90.